The van der Waals surface area contributed by atoms with Crippen LogP contribution in [0.4, 0.5) is 4.39 Å². The van der Waals surface area contributed by atoms with Crippen LogP contribution in [0.25, 0.3) is 0 Å². The second-order valence-corrected chi connectivity index (χ2v) is 13.3. The molecule has 0 amide bonds. The Kier molecular flexibility index (Phi) is 7.67. The van der Waals surface area contributed by atoms with Gasteiger partial charge in [0.05, 0.1) is 18.8 Å². The number of allylic oxidation sites excluding steroid dienone is 4. The molecule has 0 aromatic carbocycles. The van der Waals surface area contributed by atoms with Crippen LogP contribution in [0.2, 0.25) is 0 Å². The Morgan fingerprint density at radius 1 is 1.19 bits per heavy atom. The largest absolute Gasteiger partial charge is 0.458 e. The van der Waals surface area contributed by atoms with Crippen molar-refractivity contribution in [3.63, 3.8) is 0 Å². The van der Waals surface area contributed by atoms with Gasteiger partial charge in [-0.3, -0.25) is 14.4 Å². The fraction of sp³-hybridized carbons (Fsp3) is 0.767. The zero-order valence-corrected chi connectivity index (χ0v) is 24.6. The average molecular weight is 594 g/mol. The highest BCUT2D eigenvalue weighted by atomic mass is 19.1. The highest BCUT2D eigenvalue weighted by Gasteiger charge is 2.80. The minimum absolute atomic E-state index is 0.0271. The number of ketones is 2. The summed E-state index contributed by atoms with van der Waals surface area (Å²) in [7, 11) is 0. The van der Waals surface area contributed by atoms with Gasteiger partial charge >= 0.3 is 5.97 Å². The average Bonchev–Trinajstić information content (AvgIpc) is 3.31. The Morgan fingerprint density at radius 2 is 1.93 bits per heavy atom. The van der Waals surface area contributed by atoms with Gasteiger partial charge in [-0.1, -0.05) is 31.1 Å². The third-order valence-corrected chi connectivity index (χ3v) is 10.6. The summed E-state index contributed by atoms with van der Waals surface area (Å²) in [4.78, 5) is 53.1. The Morgan fingerprint density at radius 3 is 2.64 bits per heavy atom. The molecule has 3 fully saturated rings. The number of fused-ring (bicyclic) bond motifs is 7. The topological polar surface area (TPSA) is 152 Å². The van der Waals surface area contributed by atoms with Crippen molar-refractivity contribution in [3.05, 3.63) is 33.9 Å². The lowest BCUT2D eigenvalue weighted by atomic mass is 9.45. The molecule has 0 aromatic heterocycles. The normalized spacial score (nSPS) is 41.2. The zero-order valence-electron chi connectivity index (χ0n) is 24.6. The molecule has 8 atom stereocenters. The summed E-state index contributed by atoms with van der Waals surface area (Å²) in [5, 5.41) is 21.0. The highest BCUT2D eigenvalue weighted by molar-refractivity contribution is 5.94. The number of Topliss-reactive ketones (excluding diaryl/α,β-unsaturated/α-hetero) is 1. The van der Waals surface area contributed by atoms with Crippen molar-refractivity contribution in [2.24, 2.45) is 22.7 Å². The van der Waals surface area contributed by atoms with Gasteiger partial charge in [0.25, 0.3) is 5.09 Å². The first-order valence-electron chi connectivity index (χ1n) is 14.7. The van der Waals surface area contributed by atoms with Crippen LogP contribution in [0.1, 0.15) is 79.1 Å². The monoisotopic (exact) mass is 593 g/mol. The summed E-state index contributed by atoms with van der Waals surface area (Å²) in [6.45, 7) is 6.37. The number of esters is 1. The lowest BCUT2D eigenvalue weighted by Gasteiger charge is -2.62. The number of carbonyl (C=O) groups is 3. The number of unbranched alkanes of at least 4 members (excludes halogenated alkanes) is 2. The standard InChI is InChI=1S/C30H40FNO10/c1-26(2)41-24-15-21-20-10-9-18-14-19(33)11-12-27(18,3)29(20,31)22(34)16-28(21,4)30(24,42-26)23(35)17-39-25(36)8-6-5-7-13-40-32(37)38/h9,11-12,20-22,24,34H,5-8,10,13-17H2,1-4H3/t20?,21-,22-,24+,27-,28-,29-,30+/m0/s1. The maximum Gasteiger partial charge on any atom is 0.306 e. The number of alkyl halides is 1. The Labute approximate surface area is 243 Å². The van der Waals surface area contributed by atoms with E-state index >= 15 is 4.39 Å². The van der Waals surface area contributed by atoms with Crippen LogP contribution in [-0.2, 0) is 33.4 Å². The zero-order chi connectivity index (χ0) is 30.7. The number of ether oxygens (including phenoxy) is 3. The molecule has 4 aliphatic carbocycles. The third-order valence-electron chi connectivity index (χ3n) is 10.6. The summed E-state index contributed by atoms with van der Waals surface area (Å²) in [5.41, 5.74) is -5.14. The molecule has 12 heteroatoms. The summed E-state index contributed by atoms with van der Waals surface area (Å²) in [5.74, 6) is -3.36. The lowest BCUT2D eigenvalue weighted by molar-refractivity contribution is -0.757. The number of hydrogen-bond donors (Lipinski definition) is 1. The maximum atomic E-state index is 17.5. The molecule has 1 heterocycles. The molecule has 5 rings (SSSR count). The smallest absolute Gasteiger partial charge is 0.306 e. The fourth-order valence-corrected chi connectivity index (χ4v) is 8.73. The molecule has 0 spiro atoms. The van der Waals surface area contributed by atoms with Gasteiger partial charge in [-0.25, -0.2) is 4.39 Å². The van der Waals surface area contributed by atoms with Gasteiger partial charge in [0, 0.05) is 29.6 Å². The van der Waals surface area contributed by atoms with Gasteiger partial charge in [0.2, 0.25) is 5.78 Å². The Balaban J connectivity index is 1.35. The van der Waals surface area contributed by atoms with Gasteiger partial charge in [-0.15, -0.1) is 10.1 Å². The van der Waals surface area contributed by atoms with Gasteiger partial charge < -0.3 is 24.2 Å². The molecule has 11 nitrogen and oxygen atoms in total. The van der Waals surface area contributed by atoms with Crippen molar-refractivity contribution in [2.45, 2.75) is 108 Å². The number of halogens is 1. The van der Waals surface area contributed by atoms with Crippen LogP contribution in [0.5, 0.6) is 0 Å². The number of hydrogen-bond acceptors (Lipinski definition) is 10. The SMILES string of the molecule is CC1(C)O[C@@H]2C[C@H]3C4CC=C5CC(=O)C=C[C@]5(C)[C@@]4(F)[C@@H](O)C[C@]3(C)[C@]2(C(=O)COC(=O)CCCCCO[N+](=O)[O-])O1. The van der Waals surface area contributed by atoms with E-state index in [9.17, 15) is 29.6 Å². The van der Waals surface area contributed by atoms with Crippen molar-refractivity contribution in [3.8, 4) is 0 Å². The first kappa shape index (κ1) is 30.7. The molecular weight excluding hydrogens is 553 g/mol. The van der Waals surface area contributed by atoms with Crippen LogP contribution in [0.15, 0.2) is 23.8 Å². The Hall–Kier alpha value is -2.70. The number of nitrogens with zero attached hydrogens (tertiary/aromatic N) is 1. The van der Waals surface area contributed by atoms with Crippen LogP contribution in [0.3, 0.4) is 0 Å². The van der Waals surface area contributed by atoms with Crippen molar-refractivity contribution >= 4 is 17.5 Å². The minimum Gasteiger partial charge on any atom is -0.458 e. The van der Waals surface area contributed by atoms with Crippen LogP contribution < -0.4 is 0 Å². The number of aliphatic hydroxyl groups is 1. The second-order valence-electron chi connectivity index (χ2n) is 13.3. The second kappa shape index (κ2) is 10.5. The van der Waals surface area contributed by atoms with E-state index in [2.05, 4.69) is 4.84 Å². The molecule has 42 heavy (non-hydrogen) atoms. The fourth-order valence-electron chi connectivity index (χ4n) is 8.73. The van der Waals surface area contributed by atoms with Gasteiger partial charge in [-0.05, 0) is 64.9 Å². The van der Waals surface area contributed by atoms with Gasteiger partial charge in [-0.2, -0.15) is 0 Å². The summed E-state index contributed by atoms with van der Waals surface area (Å²) >= 11 is 0. The van der Waals surface area contributed by atoms with Crippen molar-refractivity contribution < 1.29 is 48.0 Å². The molecule has 0 radical (unpaired) electrons. The molecule has 5 aliphatic rings. The molecule has 1 unspecified atom stereocenters. The molecule has 1 saturated heterocycles. The van der Waals surface area contributed by atoms with Crippen LogP contribution >= 0.6 is 0 Å². The van der Waals surface area contributed by atoms with E-state index in [-0.39, 0.29) is 31.7 Å². The third kappa shape index (κ3) is 4.52. The van der Waals surface area contributed by atoms with Crippen molar-refractivity contribution in [1.29, 1.82) is 0 Å². The van der Waals surface area contributed by atoms with E-state index in [1.165, 1.54) is 6.08 Å². The molecule has 2 saturated carbocycles. The Bertz CT molecular complexity index is 1230. The van der Waals surface area contributed by atoms with Crippen LogP contribution in [0, 0.1) is 32.8 Å². The summed E-state index contributed by atoms with van der Waals surface area (Å²) in [6.07, 6.45) is 4.76. The van der Waals surface area contributed by atoms with E-state index in [4.69, 9.17) is 14.2 Å². The number of aliphatic hydroxyl groups excluding tert-OH is 1. The predicted octanol–water partition coefficient (Wildman–Crippen LogP) is 3.74. The quantitative estimate of drug-likeness (QED) is 0.130. The van der Waals surface area contributed by atoms with Gasteiger partial charge in [0.15, 0.2) is 29.4 Å². The maximum absolute atomic E-state index is 17.5. The summed E-state index contributed by atoms with van der Waals surface area (Å²) < 4.78 is 35.5. The molecule has 1 N–H and O–H groups in total. The van der Waals surface area contributed by atoms with Crippen molar-refractivity contribution in [2.75, 3.05) is 13.2 Å². The van der Waals surface area contributed by atoms with E-state index < -0.39 is 75.4 Å². The molecule has 0 bridgehead atoms. The first-order chi connectivity index (χ1) is 19.6. The summed E-state index contributed by atoms with van der Waals surface area (Å²) in [6, 6.07) is 0. The molecule has 1 aliphatic heterocycles. The molecular formula is C30H40FNO10. The van der Waals surface area contributed by atoms with E-state index in [0.717, 1.165) is 0 Å². The molecule has 232 valence electrons. The number of rotatable bonds is 10. The van der Waals surface area contributed by atoms with Gasteiger partial charge in [0.1, 0.15) is 0 Å². The predicted molar refractivity (Wildman–Crippen MR) is 144 cm³/mol. The minimum atomic E-state index is -2.06. The van der Waals surface area contributed by atoms with Crippen molar-refractivity contribution in [1.82, 2.24) is 0 Å². The lowest BCUT2D eigenvalue weighted by Crippen LogP contribution is -2.69. The van der Waals surface area contributed by atoms with E-state index in [0.29, 0.717) is 37.7 Å². The number of carbonyl (C=O) groups excluding carboxylic acids is 3. The van der Waals surface area contributed by atoms with E-state index in [1.807, 2.05) is 13.0 Å². The van der Waals surface area contributed by atoms with Crippen LogP contribution in [-0.4, -0.2) is 70.2 Å². The molecule has 0 aromatic rings. The highest BCUT2D eigenvalue weighted by Crippen LogP contribution is 2.71. The van der Waals surface area contributed by atoms with E-state index in [1.54, 1.807) is 26.8 Å². The first-order valence-corrected chi connectivity index (χ1v) is 14.7.